The summed E-state index contributed by atoms with van der Waals surface area (Å²) < 4.78 is 56.1. The lowest BCUT2D eigenvalue weighted by Crippen LogP contribution is -2.50. The number of aryl methyl sites for hydroxylation is 3. The SMILES string of the molecule is Cc1ccc(S(=O)(=O)N2CCN(C(=O)c3ccc(C)c(S(=O)(=O)Nc4ccccc4C)c3)CC2)cc1. The molecule has 0 unspecified atom stereocenters. The van der Waals surface area contributed by atoms with Crippen LogP contribution in [0.25, 0.3) is 0 Å². The summed E-state index contributed by atoms with van der Waals surface area (Å²) in [5.41, 5.74) is 2.98. The molecule has 1 amide bonds. The highest BCUT2D eigenvalue weighted by Crippen LogP contribution is 2.24. The summed E-state index contributed by atoms with van der Waals surface area (Å²) >= 11 is 0. The number of anilines is 1. The molecule has 1 aliphatic heterocycles. The first-order valence-corrected chi connectivity index (χ1v) is 14.5. The Morgan fingerprint density at radius 2 is 1.42 bits per heavy atom. The van der Waals surface area contributed by atoms with Gasteiger partial charge < -0.3 is 4.90 Å². The van der Waals surface area contributed by atoms with E-state index in [0.29, 0.717) is 11.3 Å². The molecule has 3 aromatic rings. The maximum Gasteiger partial charge on any atom is 0.262 e. The molecule has 36 heavy (non-hydrogen) atoms. The number of rotatable bonds is 6. The molecule has 1 heterocycles. The molecule has 0 radical (unpaired) electrons. The second kappa shape index (κ2) is 10.0. The highest BCUT2D eigenvalue weighted by molar-refractivity contribution is 7.92. The summed E-state index contributed by atoms with van der Waals surface area (Å²) in [7, 11) is -7.57. The number of benzene rings is 3. The number of hydrogen-bond donors (Lipinski definition) is 1. The smallest absolute Gasteiger partial charge is 0.262 e. The number of sulfonamides is 2. The van der Waals surface area contributed by atoms with Gasteiger partial charge in [-0.05, 0) is 62.2 Å². The minimum absolute atomic E-state index is 0.0252. The van der Waals surface area contributed by atoms with Gasteiger partial charge >= 0.3 is 0 Å². The van der Waals surface area contributed by atoms with Crippen LogP contribution in [0.5, 0.6) is 0 Å². The van der Waals surface area contributed by atoms with Gasteiger partial charge in [0.05, 0.1) is 15.5 Å². The van der Waals surface area contributed by atoms with Gasteiger partial charge in [0.25, 0.3) is 15.9 Å². The molecule has 0 aromatic heterocycles. The van der Waals surface area contributed by atoms with Gasteiger partial charge in [0.2, 0.25) is 10.0 Å². The first-order chi connectivity index (χ1) is 17.0. The normalized spacial score (nSPS) is 15.0. The van der Waals surface area contributed by atoms with Gasteiger partial charge in [-0.3, -0.25) is 9.52 Å². The van der Waals surface area contributed by atoms with E-state index in [1.807, 2.05) is 26.0 Å². The van der Waals surface area contributed by atoms with E-state index in [1.54, 1.807) is 60.4 Å². The molecular weight excluding hydrogens is 498 g/mol. The summed E-state index contributed by atoms with van der Waals surface area (Å²) in [5, 5.41) is 0. The average Bonchev–Trinajstić information content (AvgIpc) is 2.85. The van der Waals surface area contributed by atoms with Gasteiger partial charge in [-0.25, -0.2) is 16.8 Å². The fourth-order valence-corrected chi connectivity index (χ4v) is 6.91. The van der Waals surface area contributed by atoms with Crippen LogP contribution in [-0.2, 0) is 20.0 Å². The second-order valence-corrected chi connectivity index (χ2v) is 12.5. The Morgan fingerprint density at radius 3 is 2.06 bits per heavy atom. The summed E-state index contributed by atoms with van der Waals surface area (Å²) in [6.45, 7) is 6.12. The van der Waals surface area contributed by atoms with Crippen molar-refractivity contribution < 1.29 is 21.6 Å². The van der Waals surface area contributed by atoms with Crippen molar-refractivity contribution in [2.75, 3.05) is 30.9 Å². The first-order valence-electron chi connectivity index (χ1n) is 11.5. The van der Waals surface area contributed by atoms with Crippen LogP contribution in [0.1, 0.15) is 27.0 Å². The van der Waals surface area contributed by atoms with Crippen molar-refractivity contribution >= 4 is 31.6 Å². The summed E-state index contributed by atoms with van der Waals surface area (Å²) in [4.78, 5) is 15.0. The molecule has 0 bridgehead atoms. The number of carbonyl (C=O) groups excluding carboxylic acids is 1. The van der Waals surface area contributed by atoms with E-state index in [1.165, 1.54) is 10.4 Å². The van der Waals surface area contributed by atoms with Crippen LogP contribution in [0, 0.1) is 20.8 Å². The van der Waals surface area contributed by atoms with Gasteiger partial charge in [0.15, 0.2) is 0 Å². The van der Waals surface area contributed by atoms with Gasteiger partial charge in [-0.1, -0.05) is 42.0 Å². The standard InChI is InChI=1S/C26H29N3O5S2/c1-19-8-12-23(13-9-19)36(33,34)29-16-14-28(15-17-29)26(30)22-11-10-21(3)25(18-22)35(31,32)27-24-7-5-4-6-20(24)2/h4-13,18,27H,14-17H2,1-3H3. The fraction of sp³-hybridized carbons (Fsp3) is 0.269. The third kappa shape index (κ3) is 5.30. The molecular formula is C26H29N3O5S2. The molecule has 4 rings (SSSR count). The highest BCUT2D eigenvalue weighted by Gasteiger charge is 2.31. The van der Waals surface area contributed by atoms with E-state index in [2.05, 4.69) is 4.72 Å². The zero-order valence-corrected chi connectivity index (χ0v) is 22.1. The van der Waals surface area contributed by atoms with Crippen LogP contribution >= 0.6 is 0 Å². The van der Waals surface area contributed by atoms with Crippen LogP contribution in [0.4, 0.5) is 5.69 Å². The van der Waals surface area contributed by atoms with E-state index < -0.39 is 20.0 Å². The number of nitrogens with zero attached hydrogens (tertiary/aromatic N) is 2. The molecule has 3 aromatic carbocycles. The first kappa shape index (κ1) is 25.9. The lowest BCUT2D eigenvalue weighted by atomic mass is 10.1. The van der Waals surface area contributed by atoms with Crippen LogP contribution in [-0.4, -0.2) is 58.1 Å². The maximum absolute atomic E-state index is 13.2. The van der Waals surface area contributed by atoms with Gasteiger partial charge in [-0.2, -0.15) is 4.31 Å². The Hall–Kier alpha value is -3.21. The largest absolute Gasteiger partial charge is 0.336 e. The number of hydrogen-bond acceptors (Lipinski definition) is 5. The summed E-state index contributed by atoms with van der Waals surface area (Å²) in [5.74, 6) is -0.338. The molecule has 10 heteroatoms. The van der Waals surface area contributed by atoms with Crippen LogP contribution < -0.4 is 4.72 Å². The molecule has 1 N–H and O–H groups in total. The molecule has 8 nitrogen and oxygen atoms in total. The van der Waals surface area contributed by atoms with Crippen LogP contribution in [0.15, 0.2) is 76.5 Å². The molecule has 1 saturated heterocycles. The Morgan fingerprint density at radius 1 is 0.778 bits per heavy atom. The lowest BCUT2D eigenvalue weighted by molar-refractivity contribution is 0.0697. The number of nitrogens with one attached hydrogen (secondary N) is 1. The van der Waals surface area contributed by atoms with E-state index in [-0.39, 0.29) is 47.4 Å². The van der Waals surface area contributed by atoms with Crippen LogP contribution in [0.3, 0.4) is 0 Å². The predicted octanol–water partition coefficient (Wildman–Crippen LogP) is 3.56. The highest BCUT2D eigenvalue weighted by atomic mass is 32.2. The predicted molar refractivity (Wildman–Crippen MR) is 139 cm³/mol. The number of carbonyl (C=O) groups is 1. The Kier molecular flexibility index (Phi) is 7.21. The molecule has 0 atom stereocenters. The summed E-state index contributed by atoms with van der Waals surface area (Å²) in [6, 6.07) is 18.3. The molecule has 190 valence electrons. The average molecular weight is 528 g/mol. The van der Waals surface area contributed by atoms with Crippen molar-refractivity contribution in [2.24, 2.45) is 0 Å². The monoisotopic (exact) mass is 527 g/mol. The van der Waals surface area contributed by atoms with Crippen molar-refractivity contribution in [2.45, 2.75) is 30.6 Å². The Labute approximate surface area is 212 Å². The third-order valence-electron chi connectivity index (χ3n) is 6.30. The Bertz CT molecular complexity index is 1490. The van der Waals surface area contributed by atoms with Gasteiger partial charge in [0.1, 0.15) is 0 Å². The topological polar surface area (TPSA) is 104 Å². The molecule has 1 aliphatic rings. The van der Waals surface area contributed by atoms with Crippen molar-refractivity contribution in [1.82, 2.24) is 9.21 Å². The second-order valence-electron chi connectivity index (χ2n) is 8.91. The van der Waals surface area contributed by atoms with Gasteiger partial charge in [0, 0.05) is 31.7 Å². The van der Waals surface area contributed by atoms with Crippen molar-refractivity contribution in [3.05, 3.63) is 89.0 Å². The molecule has 0 aliphatic carbocycles. The third-order valence-corrected chi connectivity index (χ3v) is 9.72. The van der Waals surface area contributed by atoms with E-state index in [9.17, 15) is 21.6 Å². The number of para-hydroxylation sites is 1. The maximum atomic E-state index is 13.2. The van der Waals surface area contributed by atoms with Crippen molar-refractivity contribution in [3.8, 4) is 0 Å². The van der Waals surface area contributed by atoms with Gasteiger partial charge in [-0.15, -0.1) is 0 Å². The molecule has 0 saturated carbocycles. The molecule has 0 spiro atoms. The van der Waals surface area contributed by atoms with Crippen molar-refractivity contribution in [1.29, 1.82) is 0 Å². The minimum Gasteiger partial charge on any atom is -0.336 e. The van der Waals surface area contributed by atoms with E-state index >= 15 is 0 Å². The zero-order chi connectivity index (χ0) is 26.1. The quantitative estimate of drug-likeness (QED) is 0.528. The number of piperazine rings is 1. The number of amides is 1. The van der Waals surface area contributed by atoms with E-state index in [4.69, 9.17) is 0 Å². The fourth-order valence-electron chi connectivity index (χ4n) is 4.08. The summed E-state index contributed by atoms with van der Waals surface area (Å²) in [6.07, 6.45) is 0. The lowest BCUT2D eigenvalue weighted by Gasteiger charge is -2.34. The van der Waals surface area contributed by atoms with E-state index in [0.717, 1.165) is 11.1 Å². The minimum atomic E-state index is -3.92. The Balaban J connectivity index is 1.49. The van der Waals surface area contributed by atoms with Crippen LogP contribution in [0.2, 0.25) is 0 Å². The molecule has 1 fully saturated rings. The van der Waals surface area contributed by atoms with Crippen molar-refractivity contribution in [3.63, 3.8) is 0 Å². The zero-order valence-electron chi connectivity index (χ0n) is 20.4.